The molecule has 7 heteroatoms. The Hall–Kier alpha value is -3.22. The van der Waals surface area contributed by atoms with Gasteiger partial charge in [-0.05, 0) is 49.6 Å². The van der Waals surface area contributed by atoms with E-state index in [2.05, 4.69) is 13.8 Å². The highest BCUT2D eigenvalue weighted by atomic mass is 19.1. The van der Waals surface area contributed by atoms with Crippen LogP contribution in [0.1, 0.15) is 119 Å². The molecule has 0 fully saturated rings. The molecule has 208 valence electrons. The maximum atomic E-state index is 15.3. The molecule has 1 atom stereocenters. The monoisotopic (exact) mass is 528 g/mol. The predicted molar refractivity (Wildman–Crippen MR) is 146 cm³/mol. The van der Waals surface area contributed by atoms with E-state index in [1.807, 2.05) is 6.92 Å². The van der Waals surface area contributed by atoms with Gasteiger partial charge in [-0.2, -0.15) is 0 Å². The fourth-order valence-corrected chi connectivity index (χ4v) is 4.23. The van der Waals surface area contributed by atoms with E-state index < -0.39 is 29.3 Å². The Balaban J connectivity index is 2.11. The number of carboxylic acid groups (broad SMARTS) is 1. The lowest BCUT2D eigenvalue weighted by Gasteiger charge is -2.15. The van der Waals surface area contributed by atoms with E-state index in [4.69, 9.17) is 9.47 Å². The Morgan fingerprint density at radius 3 is 2.05 bits per heavy atom. The summed E-state index contributed by atoms with van der Waals surface area (Å²) >= 11 is 0. The van der Waals surface area contributed by atoms with E-state index in [0.717, 1.165) is 44.6 Å². The summed E-state index contributed by atoms with van der Waals surface area (Å²) < 4.78 is 26.2. The van der Waals surface area contributed by atoms with Crippen molar-refractivity contribution in [2.75, 3.05) is 0 Å². The molecule has 2 aromatic carbocycles. The number of unbranched alkanes of at least 4 members (excludes halogenated alkanes) is 8. The highest BCUT2D eigenvalue weighted by Gasteiger charge is 2.22. The van der Waals surface area contributed by atoms with Gasteiger partial charge >= 0.3 is 17.9 Å². The molecule has 0 unspecified atom stereocenters. The minimum absolute atomic E-state index is 0.0550. The zero-order valence-corrected chi connectivity index (χ0v) is 22.9. The second-order valence-corrected chi connectivity index (χ2v) is 9.74. The van der Waals surface area contributed by atoms with Gasteiger partial charge in [-0.1, -0.05) is 83.8 Å². The number of carboxylic acids is 1. The van der Waals surface area contributed by atoms with Gasteiger partial charge in [0.2, 0.25) is 0 Å². The Kier molecular flexibility index (Phi) is 13.5. The molecule has 0 aliphatic rings. The fourth-order valence-electron chi connectivity index (χ4n) is 4.23. The third-order valence-electron chi connectivity index (χ3n) is 6.47. The first-order valence-corrected chi connectivity index (χ1v) is 13.9. The number of halogens is 1. The average molecular weight is 529 g/mol. The van der Waals surface area contributed by atoms with Gasteiger partial charge < -0.3 is 14.6 Å². The van der Waals surface area contributed by atoms with Crippen molar-refractivity contribution in [1.82, 2.24) is 0 Å². The molecule has 0 bridgehead atoms. The molecule has 0 aliphatic carbocycles. The summed E-state index contributed by atoms with van der Waals surface area (Å²) in [5.74, 6) is -3.47. The van der Waals surface area contributed by atoms with Crippen LogP contribution in [0.5, 0.6) is 5.75 Å². The third-order valence-corrected chi connectivity index (χ3v) is 6.47. The van der Waals surface area contributed by atoms with Crippen LogP contribution in [-0.4, -0.2) is 29.1 Å². The number of ether oxygens (including phenoxy) is 2. The van der Waals surface area contributed by atoms with Crippen molar-refractivity contribution in [3.05, 3.63) is 53.3 Å². The van der Waals surface area contributed by atoms with Crippen LogP contribution >= 0.6 is 0 Å². The molecular formula is C31H41FO6. The molecule has 2 aromatic rings. The van der Waals surface area contributed by atoms with Gasteiger partial charge in [0.15, 0.2) is 0 Å². The number of aromatic carboxylic acids is 1. The molecule has 0 saturated heterocycles. The van der Waals surface area contributed by atoms with Crippen LogP contribution in [0.25, 0.3) is 11.1 Å². The summed E-state index contributed by atoms with van der Waals surface area (Å²) in [6.45, 7) is 6.08. The molecule has 0 heterocycles. The number of esters is 2. The summed E-state index contributed by atoms with van der Waals surface area (Å²) in [5.41, 5.74) is -0.0855. The van der Waals surface area contributed by atoms with E-state index in [9.17, 15) is 19.5 Å². The van der Waals surface area contributed by atoms with Gasteiger partial charge in [0.1, 0.15) is 11.6 Å². The molecule has 1 N–H and O–H groups in total. The quantitative estimate of drug-likeness (QED) is 0.126. The predicted octanol–water partition coefficient (Wildman–Crippen LogP) is 8.36. The molecule has 0 amide bonds. The van der Waals surface area contributed by atoms with Gasteiger partial charge in [-0.25, -0.2) is 14.0 Å². The van der Waals surface area contributed by atoms with Gasteiger partial charge in [-0.3, -0.25) is 4.79 Å². The van der Waals surface area contributed by atoms with Crippen LogP contribution in [-0.2, 0) is 9.53 Å². The van der Waals surface area contributed by atoms with Gasteiger partial charge in [0.05, 0.1) is 22.8 Å². The summed E-state index contributed by atoms with van der Waals surface area (Å²) in [6.07, 6.45) is 11.4. The summed E-state index contributed by atoms with van der Waals surface area (Å²) in [7, 11) is 0. The lowest BCUT2D eigenvalue weighted by atomic mass is 9.99. The molecule has 6 nitrogen and oxygen atoms in total. The molecule has 0 aliphatic heterocycles. The Bertz CT molecular complexity index is 1050. The fraction of sp³-hybridized carbons (Fsp3) is 0.516. The third kappa shape index (κ3) is 9.92. The smallest absolute Gasteiger partial charge is 0.338 e. The maximum absolute atomic E-state index is 15.3. The van der Waals surface area contributed by atoms with E-state index in [1.54, 1.807) is 0 Å². The maximum Gasteiger partial charge on any atom is 0.338 e. The minimum Gasteiger partial charge on any atom is -0.478 e. The lowest BCUT2D eigenvalue weighted by Crippen LogP contribution is -2.15. The zero-order chi connectivity index (χ0) is 27.9. The summed E-state index contributed by atoms with van der Waals surface area (Å²) in [6, 6.07) is 8.35. The van der Waals surface area contributed by atoms with Crippen molar-refractivity contribution in [2.24, 2.45) is 0 Å². The number of carbonyl (C=O) groups is 3. The van der Waals surface area contributed by atoms with Crippen molar-refractivity contribution in [2.45, 2.75) is 104 Å². The second-order valence-electron chi connectivity index (χ2n) is 9.74. The van der Waals surface area contributed by atoms with Crippen LogP contribution in [0.2, 0.25) is 0 Å². The first-order valence-electron chi connectivity index (χ1n) is 13.9. The average Bonchev–Trinajstić information content (AvgIpc) is 2.89. The standard InChI is InChI=1S/C31H41FO6/c1-4-6-8-9-10-11-12-13-15-27(33)38-26-21-20-25(30(34)35)29(32)28(26)23-16-18-24(19-17-23)31(36)37-22(3)14-7-5-2/h16-22H,4-15H2,1-3H3,(H,34,35)/t22-/m1/s1. The van der Waals surface area contributed by atoms with Crippen LogP contribution in [0.15, 0.2) is 36.4 Å². The van der Waals surface area contributed by atoms with Gasteiger partial charge in [0.25, 0.3) is 0 Å². The molecule has 0 saturated carbocycles. The SMILES string of the molecule is CCCCCCCCCCC(=O)Oc1ccc(C(=O)O)c(F)c1-c1ccc(C(=O)O[C@H](C)CCCC)cc1. The first-order chi connectivity index (χ1) is 18.3. The number of benzene rings is 2. The van der Waals surface area contributed by atoms with Gasteiger partial charge in [-0.15, -0.1) is 0 Å². The van der Waals surface area contributed by atoms with Crippen molar-refractivity contribution in [3.63, 3.8) is 0 Å². The molecule has 38 heavy (non-hydrogen) atoms. The number of hydrogen-bond donors (Lipinski definition) is 1. The second kappa shape index (κ2) is 16.6. The summed E-state index contributed by atoms with van der Waals surface area (Å²) in [4.78, 5) is 36.5. The van der Waals surface area contributed by atoms with Crippen LogP contribution in [0.3, 0.4) is 0 Å². The molecule has 0 radical (unpaired) electrons. The topological polar surface area (TPSA) is 89.9 Å². The first kappa shape index (κ1) is 31.0. The molecule has 2 rings (SSSR count). The zero-order valence-electron chi connectivity index (χ0n) is 22.9. The van der Waals surface area contributed by atoms with E-state index >= 15 is 4.39 Å². The van der Waals surface area contributed by atoms with Gasteiger partial charge in [0, 0.05) is 6.42 Å². The summed E-state index contributed by atoms with van der Waals surface area (Å²) in [5, 5.41) is 9.40. The van der Waals surface area contributed by atoms with Crippen LogP contribution in [0.4, 0.5) is 4.39 Å². The molecule has 0 spiro atoms. The highest BCUT2D eigenvalue weighted by Crippen LogP contribution is 2.35. The highest BCUT2D eigenvalue weighted by molar-refractivity contribution is 5.93. The van der Waals surface area contributed by atoms with E-state index in [0.29, 0.717) is 12.0 Å². The number of rotatable bonds is 17. The lowest BCUT2D eigenvalue weighted by molar-refractivity contribution is -0.134. The van der Waals surface area contributed by atoms with Crippen molar-refractivity contribution in [1.29, 1.82) is 0 Å². The Morgan fingerprint density at radius 2 is 1.45 bits per heavy atom. The Morgan fingerprint density at radius 1 is 0.842 bits per heavy atom. The number of carbonyl (C=O) groups excluding carboxylic acids is 2. The van der Waals surface area contributed by atoms with Crippen molar-refractivity contribution >= 4 is 17.9 Å². The van der Waals surface area contributed by atoms with Crippen LogP contribution in [0, 0.1) is 5.82 Å². The largest absolute Gasteiger partial charge is 0.478 e. The van der Waals surface area contributed by atoms with E-state index in [1.165, 1.54) is 56.0 Å². The van der Waals surface area contributed by atoms with E-state index in [-0.39, 0.29) is 29.4 Å². The van der Waals surface area contributed by atoms with Crippen molar-refractivity contribution in [3.8, 4) is 16.9 Å². The van der Waals surface area contributed by atoms with Crippen molar-refractivity contribution < 1.29 is 33.4 Å². The normalized spacial score (nSPS) is 11.7. The van der Waals surface area contributed by atoms with Crippen LogP contribution < -0.4 is 4.74 Å². The minimum atomic E-state index is -1.43. The number of hydrogen-bond acceptors (Lipinski definition) is 5. The molecule has 0 aromatic heterocycles. The Labute approximate surface area is 225 Å². The molecular weight excluding hydrogens is 487 g/mol.